The van der Waals surface area contributed by atoms with Gasteiger partial charge in [-0.05, 0) is 41.2 Å². The van der Waals surface area contributed by atoms with E-state index in [1.807, 2.05) is 18.2 Å². The molecule has 1 nitrogen and oxygen atoms in total. The van der Waals surface area contributed by atoms with Gasteiger partial charge in [0.15, 0.2) is 5.78 Å². The lowest BCUT2D eigenvalue weighted by molar-refractivity contribution is 0.0890. The number of benzene rings is 3. The van der Waals surface area contributed by atoms with E-state index in [-0.39, 0.29) is 5.92 Å². The molecule has 0 saturated heterocycles. The number of hydrogen-bond donors (Lipinski definition) is 0. The maximum atomic E-state index is 13.4. The summed E-state index contributed by atoms with van der Waals surface area (Å²) in [6, 6.07) is 23.1. The third-order valence-corrected chi connectivity index (χ3v) is 5.48. The van der Waals surface area contributed by atoms with Crippen LogP contribution >= 0.6 is 0 Å². The minimum atomic E-state index is 0.203. The van der Waals surface area contributed by atoms with Crippen molar-refractivity contribution < 1.29 is 4.79 Å². The Hall–Kier alpha value is -2.41. The van der Waals surface area contributed by atoms with Crippen molar-refractivity contribution in [3.05, 3.63) is 83.4 Å². The molecule has 1 aliphatic rings. The number of carbonyl (C=O) groups excluding carboxylic acids is 1. The first-order valence-corrected chi connectivity index (χ1v) is 9.42. The van der Waals surface area contributed by atoms with Gasteiger partial charge in [0, 0.05) is 11.5 Å². The fourth-order valence-electron chi connectivity index (χ4n) is 4.14. The molecule has 3 aromatic carbocycles. The first-order valence-electron chi connectivity index (χ1n) is 9.42. The molecule has 0 bridgehead atoms. The summed E-state index contributed by atoms with van der Waals surface area (Å²) in [5.41, 5.74) is 3.39. The Morgan fingerprint density at radius 1 is 0.800 bits per heavy atom. The van der Waals surface area contributed by atoms with Crippen LogP contribution in [0.15, 0.2) is 66.7 Å². The zero-order chi connectivity index (χ0) is 17.1. The predicted molar refractivity (Wildman–Crippen MR) is 104 cm³/mol. The average molecular weight is 328 g/mol. The Morgan fingerprint density at radius 2 is 1.52 bits per heavy atom. The Bertz CT molecular complexity index is 873. The second-order valence-corrected chi connectivity index (χ2v) is 7.18. The largest absolute Gasteiger partial charge is 0.294 e. The van der Waals surface area contributed by atoms with Crippen molar-refractivity contribution in [1.29, 1.82) is 0 Å². The van der Waals surface area contributed by atoms with Gasteiger partial charge in [0.25, 0.3) is 0 Å². The lowest BCUT2D eigenvalue weighted by atomic mass is 9.80. The first-order chi connectivity index (χ1) is 12.3. The highest BCUT2D eigenvalue weighted by Gasteiger charge is 2.25. The molecule has 0 atom stereocenters. The quantitative estimate of drug-likeness (QED) is 0.522. The van der Waals surface area contributed by atoms with Crippen LogP contribution in [-0.4, -0.2) is 5.78 Å². The zero-order valence-corrected chi connectivity index (χ0v) is 14.6. The minimum Gasteiger partial charge on any atom is -0.294 e. The van der Waals surface area contributed by atoms with Gasteiger partial charge >= 0.3 is 0 Å². The molecule has 3 aromatic rings. The normalized spacial score (nSPS) is 15.4. The smallest absolute Gasteiger partial charge is 0.166 e. The minimum absolute atomic E-state index is 0.203. The highest BCUT2D eigenvalue weighted by atomic mass is 16.1. The van der Waals surface area contributed by atoms with E-state index in [1.54, 1.807) is 0 Å². The summed E-state index contributed by atoms with van der Waals surface area (Å²) in [6.45, 7) is 0. The van der Waals surface area contributed by atoms with Crippen LogP contribution in [0, 0.1) is 5.92 Å². The standard InChI is InChI=1S/C24H24O/c25-24(20-12-5-2-6-13-20)23-21(17-18-9-3-1-4-10-18)16-15-19-11-7-8-14-22(19)23/h1,3-4,7-11,14-16,20H,2,5-6,12-13,17H2. The van der Waals surface area contributed by atoms with E-state index in [2.05, 4.69) is 48.5 Å². The SMILES string of the molecule is O=C(c1c(Cc2ccccc2)ccc2ccccc12)C1CCCCC1. The molecular weight excluding hydrogens is 304 g/mol. The fraction of sp³-hybridized carbons (Fsp3) is 0.292. The molecular formula is C24H24O. The van der Waals surface area contributed by atoms with Crippen molar-refractivity contribution in [2.75, 3.05) is 0 Å². The van der Waals surface area contributed by atoms with Gasteiger partial charge in [-0.2, -0.15) is 0 Å². The van der Waals surface area contributed by atoms with Crippen LogP contribution < -0.4 is 0 Å². The van der Waals surface area contributed by atoms with Gasteiger partial charge in [0.1, 0.15) is 0 Å². The molecule has 0 aliphatic heterocycles. The summed E-state index contributed by atoms with van der Waals surface area (Å²) < 4.78 is 0. The lowest BCUT2D eigenvalue weighted by Crippen LogP contribution is -2.19. The van der Waals surface area contributed by atoms with Crippen LogP contribution in [0.4, 0.5) is 0 Å². The van der Waals surface area contributed by atoms with E-state index < -0.39 is 0 Å². The van der Waals surface area contributed by atoms with Crippen LogP contribution in [-0.2, 0) is 6.42 Å². The molecule has 0 unspecified atom stereocenters. The highest BCUT2D eigenvalue weighted by Crippen LogP contribution is 2.32. The van der Waals surface area contributed by atoms with Crippen LogP contribution in [0.2, 0.25) is 0 Å². The van der Waals surface area contributed by atoms with Crippen molar-refractivity contribution in [1.82, 2.24) is 0 Å². The summed E-state index contributed by atoms with van der Waals surface area (Å²) in [7, 11) is 0. The van der Waals surface area contributed by atoms with Gasteiger partial charge in [-0.1, -0.05) is 86.0 Å². The molecule has 0 radical (unpaired) electrons. The Kier molecular flexibility index (Phi) is 4.65. The van der Waals surface area contributed by atoms with E-state index >= 15 is 0 Å². The van der Waals surface area contributed by atoms with E-state index in [0.29, 0.717) is 5.78 Å². The Labute approximate surface area is 149 Å². The topological polar surface area (TPSA) is 17.1 Å². The van der Waals surface area contributed by atoms with Gasteiger partial charge in [-0.25, -0.2) is 0 Å². The fourth-order valence-corrected chi connectivity index (χ4v) is 4.14. The number of fused-ring (bicyclic) bond motifs is 1. The monoisotopic (exact) mass is 328 g/mol. The molecule has 1 aliphatic carbocycles. The van der Waals surface area contributed by atoms with Gasteiger partial charge < -0.3 is 0 Å². The Morgan fingerprint density at radius 3 is 2.32 bits per heavy atom. The second kappa shape index (κ2) is 7.23. The molecule has 0 N–H and O–H groups in total. The van der Waals surface area contributed by atoms with Gasteiger partial charge in [0.05, 0.1) is 0 Å². The molecule has 4 rings (SSSR count). The number of rotatable bonds is 4. The van der Waals surface area contributed by atoms with E-state index in [9.17, 15) is 4.79 Å². The maximum absolute atomic E-state index is 13.4. The summed E-state index contributed by atoms with van der Waals surface area (Å²) in [6.07, 6.45) is 6.57. The van der Waals surface area contributed by atoms with Crippen LogP contribution in [0.3, 0.4) is 0 Å². The summed E-state index contributed by atoms with van der Waals surface area (Å²) in [5.74, 6) is 0.566. The molecule has 0 aromatic heterocycles. The molecule has 0 amide bonds. The first kappa shape index (κ1) is 16.1. The van der Waals surface area contributed by atoms with E-state index in [0.717, 1.165) is 30.2 Å². The molecule has 126 valence electrons. The van der Waals surface area contributed by atoms with E-state index in [4.69, 9.17) is 0 Å². The molecule has 1 saturated carbocycles. The molecule has 25 heavy (non-hydrogen) atoms. The number of Topliss-reactive ketones (excluding diaryl/α,β-unsaturated/α-hetero) is 1. The van der Waals surface area contributed by atoms with Crippen LogP contribution in [0.1, 0.15) is 53.6 Å². The van der Waals surface area contributed by atoms with Gasteiger partial charge in [0.2, 0.25) is 0 Å². The van der Waals surface area contributed by atoms with Crippen molar-refractivity contribution in [3.8, 4) is 0 Å². The van der Waals surface area contributed by atoms with Gasteiger partial charge in [-0.15, -0.1) is 0 Å². The zero-order valence-electron chi connectivity index (χ0n) is 14.6. The molecule has 1 fully saturated rings. The third kappa shape index (κ3) is 3.37. The molecule has 0 heterocycles. The van der Waals surface area contributed by atoms with E-state index in [1.165, 1.54) is 35.8 Å². The maximum Gasteiger partial charge on any atom is 0.166 e. The summed E-state index contributed by atoms with van der Waals surface area (Å²) in [5, 5.41) is 2.28. The van der Waals surface area contributed by atoms with Crippen molar-refractivity contribution in [2.45, 2.75) is 38.5 Å². The number of carbonyl (C=O) groups is 1. The summed E-state index contributed by atoms with van der Waals surface area (Å²) in [4.78, 5) is 13.4. The van der Waals surface area contributed by atoms with Crippen LogP contribution in [0.5, 0.6) is 0 Å². The second-order valence-electron chi connectivity index (χ2n) is 7.18. The predicted octanol–water partition coefficient (Wildman–Crippen LogP) is 6.19. The average Bonchev–Trinajstić information content (AvgIpc) is 2.69. The van der Waals surface area contributed by atoms with Crippen molar-refractivity contribution in [3.63, 3.8) is 0 Å². The molecule has 0 spiro atoms. The third-order valence-electron chi connectivity index (χ3n) is 5.48. The highest BCUT2D eigenvalue weighted by molar-refractivity contribution is 6.10. The van der Waals surface area contributed by atoms with Crippen molar-refractivity contribution >= 4 is 16.6 Å². The number of hydrogen-bond acceptors (Lipinski definition) is 1. The number of ketones is 1. The molecule has 1 heteroatoms. The Balaban J connectivity index is 1.80. The lowest BCUT2D eigenvalue weighted by Gasteiger charge is -2.22. The van der Waals surface area contributed by atoms with Crippen LogP contribution in [0.25, 0.3) is 10.8 Å². The summed E-state index contributed by atoms with van der Waals surface area (Å²) >= 11 is 0. The van der Waals surface area contributed by atoms with Crippen molar-refractivity contribution in [2.24, 2.45) is 5.92 Å². The van der Waals surface area contributed by atoms with Gasteiger partial charge in [-0.3, -0.25) is 4.79 Å².